The maximum absolute atomic E-state index is 11.4. The van der Waals surface area contributed by atoms with Crippen LogP contribution < -0.4 is 5.32 Å². The molecule has 4 nitrogen and oxygen atoms in total. The molecular formula is C12H23ClN2O2. The van der Waals surface area contributed by atoms with Crippen LogP contribution in [0.1, 0.15) is 32.1 Å². The summed E-state index contributed by atoms with van der Waals surface area (Å²) in [6.07, 6.45) is 5.60. The van der Waals surface area contributed by atoms with E-state index in [1.165, 1.54) is 6.42 Å². The Kier molecular flexibility index (Phi) is 6.23. The Morgan fingerprint density at radius 2 is 1.76 bits per heavy atom. The van der Waals surface area contributed by atoms with E-state index in [0.29, 0.717) is 5.92 Å². The van der Waals surface area contributed by atoms with Crippen molar-refractivity contribution in [2.24, 2.45) is 5.92 Å². The lowest BCUT2D eigenvalue weighted by Crippen LogP contribution is -2.50. The first-order chi connectivity index (χ1) is 7.79. The molecule has 0 saturated carbocycles. The number of likely N-dealkylation sites (tertiary alicyclic amines) is 1. The van der Waals surface area contributed by atoms with Gasteiger partial charge in [0.25, 0.3) is 0 Å². The van der Waals surface area contributed by atoms with Crippen LogP contribution in [0.4, 0.5) is 0 Å². The summed E-state index contributed by atoms with van der Waals surface area (Å²) in [4.78, 5) is 13.6. The minimum atomic E-state index is -0.617. The first-order valence-electron chi connectivity index (χ1n) is 6.46. The van der Waals surface area contributed by atoms with Crippen LogP contribution in [0.3, 0.4) is 0 Å². The topological polar surface area (TPSA) is 52.6 Å². The van der Waals surface area contributed by atoms with E-state index in [1.807, 2.05) is 0 Å². The molecular weight excluding hydrogens is 240 g/mol. The summed E-state index contributed by atoms with van der Waals surface area (Å²) in [7, 11) is 0. The number of halogens is 1. The van der Waals surface area contributed by atoms with Crippen molar-refractivity contribution < 1.29 is 9.90 Å². The summed E-state index contributed by atoms with van der Waals surface area (Å²) in [5.74, 6) is -0.273. The van der Waals surface area contributed by atoms with E-state index in [2.05, 4.69) is 10.2 Å². The fraction of sp³-hybridized carbons (Fsp3) is 0.917. The smallest absolute Gasteiger partial charge is 0.321 e. The molecule has 17 heavy (non-hydrogen) atoms. The van der Waals surface area contributed by atoms with Crippen LogP contribution in [0.25, 0.3) is 0 Å². The van der Waals surface area contributed by atoms with Crippen LogP contribution in [-0.2, 0) is 4.79 Å². The summed E-state index contributed by atoms with van der Waals surface area (Å²) in [6.45, 7) is 3.90. The zero-order valence-electron chi connectivity index (χ0n) is 10.2. The van der Waals surface area contributed by atoms with Crippen LogP contribution >= 0.6 is 12.4 Å². The van der Waals surface area contributed by atoms with Gasteiger partial charge in [-0.15, -0.1) is 12.4 Å². The molecule has 0 aromatic heterocycles. The molecule has 2 heterocycles. The Morgan fingerprint density at radius 1 is 1.18 bits per heavy atom. The largest absolute Gasteiger partial charge is 0.480 e. The molecule has 1 unspecified atom stereocenters. The fourth-order valence-electron chi connectivity index (χ4n) is 3.01. The minimum Gasteiger partial charge on any atom is -0.480 e. The second-order valence-corrected chi connectivity index (χ2v) is 4.97. The normalized spacial score (nSPS) is 24.9. The lowest BCUT2D eigenvalue weighted by atomic mass is 9.88. The van der Waals surface area contributed by atoms with Crippen molar-refractivity contribution in [1.29, 1.82) is 0 Å². The van der Waals surface area contributed by atoms with Gasteiger partial charge in [-0.2, -0.15) is 0 Å². The van der Waals surface area contributed by atoms with Crippen molar-refractivity contribution in [3.63, 3.8) is 0 Å². The highest BCUT2D eigenvalue weighted by atomic mass is 35.5. The molecule has 0 bridgehead atoms. The van der Waals surface area contributed by atoms with E-state index in [9.17, 15) is 9.90 Å². The molecule has 2 aliphatic heterocycles. The highest BCUT2D eigenvalue weighted by Crippen LogP contribution is 2.24. The first-order valence-corrected chi connectivity index (χ1v) is 6.46. The lowest BCUT2D eigenvalue weighted by molar-refractivity contribution is -0.146. The second kappa shape index (κ2) is 7.19. The summed E-state index contributed by atoms with van der Waals surface area (Å²) in [5, 5.41) is 12.7. The van der Waals surface area contributed by atoms with Gasteiger partial charge in [0.15, 0.2) is 0 Å². The van der Waals surface area contributed by atoms with Crippen molar-refractivity contribution >= 4 is 18.4 Å². The maximum atomic E-state index is 11.4. The standard InChI is InChI=1S/C12H22N2O2.ClH/c15-12(16)11(10-4-6-13-7-5-10)14-8-2-1-3-9-14;/h10-11,13H,1-9H2,(H,15,16);1H. The van der Waals surface area contributed by atoms with Gasteiger partial charge in [-0.25, -0.2) is 0 Å². The van der Waals surface area contributed by atoms with Crippen molar-refractivity contribution in [2.45, 2.75) is 38.1 Å². The van der Waals surface area contributed by atoms with Crippen LogP contribution in [0.15, 0.2) is 0 Å². The van der Waals surface area contributed by atoms with Gasteiger partial charge in [0.2, 0.25) is 0 Å². The summed E-state index contributed by atoms with van der Waals surface area (Å²) in [5.41, 5.74) is 0. The van der Waals surface area contributed by atoms with Crippen molar-refractivity contribution in [3.05, 3.63) is 0 Å². The van der Waals surface area contributed by atoms with Gasteiger partial charge in [-0.05, 0) is 57.8 Å². The molecule has 0 aliphatic carbocycles. The highest BCUT2D eigenvalue weighted by molar-refractivity contribution is 5.85. The Hall–Kier alpha value is -0.320. The molecule has 0 aromatic carbocycles. The Balaban J connectivity index is 0.00000144. The molecule has 100 valence electrons. The maximum Gasteiger partial charge on any atom is 0.321 e. The predicted octanol–water partition coefficient (Wildman–Crippen LogP) is 1.35. The van der Waals surface area contributed by atoms with Gasteiger partial charge in [-0.3, -0.25) is 9.69 Å². The van der Waals surface area contributed by atoms with E-state index in [-0.39, 0.29) is 18.4 Å². The third kappa shape index (κ3) is 3.83. The second-order valence-electron chi connectivity index (χ2n) is 4.97. The van der Waals surface area contributed by atoms with Gasteiger partial charge >= 0.3 is 5.97 Å². The third-order valence-corrected chi connectivity index (χ3v) is 3.87. The average molecular weight is 263 g/mol. The Bertz CT molecular complexity index is 221. The number of nitrogens with one attached hydrogen (secondary N) is 1. The number of rotatable bonds is 3. The van der Waals surface area contributed by atoms with Gasteiger partial charge < -0.3 is 10.4 Å². The number of carbonyl (C=O) groups is 1. The summed E-state index contributed by atoms with van der Waals surface area (Å²) in [6, 6.07) is -0.234. The fourth-order valence-corrected chi connectivity index (χ4v) is 3.01. The van der Waals surface area contributed by atoms with Crippen LogP contribution in [0, 0.1) is 5.92 Å². The van der Waals surface area contributed by atoms with E-state index in [1.54, 1.807) is 0 Å². The summed E-state index contributed by atoms with van der Waals surface area (Å²) >= 11 is 0. The van der Waals surface area contributed by atoms with Gasteiger partial charge in [0, 0.05) is 0 Å². The molecule has 2 fully saturated rings. The molecule has 0 aromatic rings. The van der Waals surface area contributed by atoms with E-state index in [0.717, 1.165) is 51.9 Å². The van der Waals surface area contributed by atoms with E-state index < -0.39 is 5.97 Å². The Morgan fingerprint density at radius 3 is 2.29 bits per heavy atom. The molecule has 0 radical (unpaired) electrons. The lowest BCUT2D eigenvalue weighted by Gasteiger charge is -2.38. The predicted molar refractivity (Wildman–Crippen MR) is 69.7 cm³/mol. The number of carboxylic acid groups (broad SMARTS) is 1. The molecule has 0 amide bonds. The molecule has 2 saturated heterocycles. The number of nitrogens with zero attached hydrogens (tertiary/aromatic N) is 1. The number of aliphatic carboxylic acids is 1. The van der Waals surface area contributed by atoms with E-state index in [4.69, 9.17) is 0 Å². The van der Waals surface area contributed by atoms with Crippen LogP contribution in [0.5, 0.6) is 0 Å². The Labute approximate surface area is 109 Å². The molecule has 2 rings (SSSR count). The zero-order valence-corrected chi connectivity index (χ0v) is 11.0. The minimum absolute atomic E-state index is 0. The quantitative estimate of drug-likeness (QED) is 0.806. The third-order valence-electron chi connectivity index (χ3n) is 3.87. The first kappa shape index (κ1) is 14.7. The van der Waals surface area contributed by atoms with Crippen LogP contribution in [0.2, 0.25) is 0 Å². The van der Waals surface area contributed by atoms with Crippen LogP contribution in [-0.4, -0.2) is 48.2 Å². The van der Waals surface area contributed by atoms with Crippen molar-refractivity contribution in [1.82, 2.24) is 10.2 Å². The monoisotopic (exact) mass is 262 g/mol. The van der Waals surface area contributed by atoms with Crippen molar-refractivity contribution in [2.75, 3.05) is 26.2 Å². The van der Waals surface area contributed by atoms with Gasteiger partial charge in [-0.1, -0.05) is 6.42 Å². The summed E-state index contributed by atoms with van der Waals surface area (Å²) < 4.78 is 0. The number of carboxylic acids is 1. The number of hydrogen-bond donors (Lipinski definition) is 2. The SMILES string of the molecule is Cl.O=C(O)C(C1CCNCC1)N1CCCCC1. The average Bonchev–Trinajstić information content (AvgIpc) is 2.31. The molecule has 1 atom stereocenters. The molecule has 2 aliphatic rings. The molecule has 2 N–H and O–H groups in total. The number of hydrogen-bond acceptors (Lipinski definition) is 3. The number of piperidine rings is 2. The zero-order chi connectivity index (χ0) is 11.4. The highest BCUT2D eigenvalue weighted by Gasteiger charge is 2.34. The van der Waals surface area contributed by atoms with E-state index >= 15 is 0 Å². The van der Waals surface area contributed by atoms with Gasteiger partial charge in [0.05, 0.1) is 0 Å². The molecule has 5 heteroatoms. The van der Waals surface area contributed by atoms with Crippen molar-refractivity contribution in [3.8, 4) is 0 Å². The molecule has 0 spiro atoms. The van der Waals surface area contributed by atoms with Gasteiger partial charge in [0.1, 0.15) is 6.04 Å².